The molecule has 6 heteroatoms. The maximum atomic E-state index is 10.5. The first kappa shape index (κ1) is 17.2. The summed E-state index contributed by atoms with van der Waals surface area (Å²) in [7, 11) is 0. The molecular formula is C22H24N4O2. The van der Waals surface area contributed by atoms with E-state index in [1.54, 1.807) is 16.9 Å². The molecule has 3 atom stereocenters. The van der Waals surface area contributed by atoms with Gasteiger partial charge in [-0.2, -0.15) is 5.10 Å². The van der Waals surface area contributed by atoms with Gasteiger partial charge in [-0.05, 0) is 61.8 Å². The predicted molar refractivity (Wildman–Crippen MR) is 105 cm³/mol. The number of fused-ring (bicyclic) bond motifs is 2. The molecule has 0 amide bonds. The van der Waals surface area contributed by atoms with Gasteiger partial charge in [0.05, 0.1) is 17.6 Å². The van der Waals surface area contributed by atoms with Gasteiger partial charge >= 0.3 is 0 Å². The minimum absolute atomic E-state index is 0.150. The van der Waals surface area contributed by atoms with Crippen molar-refractivity contribution < 1.29 is 9.84 Å². The third-order valence-corrected chi connectivity index (χ3v) is 6.00. The topological polar surface area (TPSA) is 73.1 Å². The maximum Gasteiger partial charge on any atom is 0.233 e. The molecule has 2 heterocycles. The Bertz CT molecular complexity index is 970. The van der Waals surface area contributed by atoms with Crippen molar-refractivity contribution in [2.24, 2.45) is 11.8 Å². The molecule has 2 bridgehead atoms. The quantitative estimate of drug-likeness (QED) is 0.735. The fourth-order valence-electron chi connectivity index (χ4n) is 4.67. The molecule has 2 aliphatic carbocycles. The van der Waals surface area contributed by atoms with Crippen molar-refractivity contribution in [1.82, 2.24) is 20.0 Å². The van der Waals surface area contributed by atoms with E-state index in [0.717, 1.165) is 35.9 Å². The van der Waals surface area contributed by atoms with E-state index in [-0.39, 0.29) is 11.9 Å². The van der Waals surface area contributed by atoms with Gasteiger partial charge in [-0.1, -0.05) is 12.8 Å². The first-order chi connectivity index (χ1) is 13.6. The molecule has 5 rings (SSSR count). The van der Waals surface area contributed by atoms with Crippen LogP contribution in [0, 0.1) is 18.8 Å². The highest BCUT2D eigenvalue weighted by molar-refractivity contribution is 5.68. The molecule has 3 aromatic rings. The summed E-state index contributed by atoms with van der Waals surface area (Å²) in [5.41, 5.74) is 3.13. The fourth-order valence-corrected chi connectivity index (χ4v) is 4.67. The summed E-state index contributed by atoms with van der Waals surface area (Å²) in [5.74, 6) is 2.37. The molecule has 0 aliphatic heterocycles. The zero-order valence-electron chi connectivity index (χ0n) is 16.0. The van der Waals surface area contributed by atoms with Gasteiger partial charge in [0, 0.05) is 23.9 Å². The summed E-state index contributed by atoms with van der Waals surface area (Å²) in [6, 6.07) is 9.14. The minimum atomic E-state index is 0.150. The average molecular weight is 376 g/mol. The number of rotatable bonds is 4. The first-order valence-electron chi connectivity index (χ1n) is 9.99. The number of aryl methyl sites for hydroxylation is 1. The number of hydrogen-bond donors (Lipinski definition) is 1. The number of aromatic hydroxyl groups is 1. The lowest BCUT2D eigenvalue weighted by Gasteiger charge is -2.27. The lowest BCUT2D eigenvalue weighted by molar-refractivity contribution is 0.113. The van der Waals surface area contributed by atoms with Crippen molar-refractivity contribution >= 4 is 0 Å². The van der Waals surface area contributed by atoms with Crippen molar-refractivity contribution in [2.45, 2.75) is 45.1 Å². The number of nitrogens with zero attached hydrogens (tertiary/aromatic N) is 4. The fraction of sp³-hybridized carbons (Fsp3) is 0.409. The normalized spacial score (nSPS) is 23.7. The summed E-state index contributed by atoms with van der Waals surface area (Å²) >= 11 is 0. The van der Waals surface area contributed by atoms with Crippen LogP contribution in [-0.2, 0) is 0 Å². The lowest BCUT2D eigenvalue weighted by Crippen LogP contribution is -2.26. The second-order valence-corrected chi connectivity index (χ2v) is 8.18. The Balaban J connectivity index is 1.31. The Kier molecular flexibility index (Phi) is 4.26. The average Bonchev–Trinajstić information content (AvgIpc) is 3.27. The molecule has 0 saturated heterocycles. The number of benzene rings is 1. The van der Waals surface area contributed by atoms with E-state index < -0.39 is 0 Å². The number of hydrogen-bond acceptors (Lipinski definition) is 5. The van der Waals surface area contributed by atoms with E-state index in [1.807, 2.05) is 37.4 Å². The van der Waals surface area contributed by atoms with E-state index in [1.165, 1.54) is 19.3 Å². The number of aromatic nitrogens is 4. The highest BCUT2D eigenvalue weighted by atomic mass is 16.5. The monoisotopic (exact) mass is 376 g/mol. The number of phenolic OH excluding ortho intramolecular Hbond substituents is 1. The van der Waals surface area contributed by atoms with E-state index in [9.17, 15) is 5.11 Å². The standard InChI is InChI=1S/C22H24N4O2/c1-14-12-23-26(13-14)17-4-5-19(21(27)11-17)20-6-7-22(25-24-20)28-18-9-15-2-3-16(8-15)10-18/h4-7,11-13,15-16,18,27H,2-3,8-10H2,1H3/t15-,16+,18?. The van der Waals surface area contributed by atoms with Crippen molar-refractivity contribution in [2.75, 3.05) is 0 Å². The van der Waals surface area contributed by atoms with Gasteiger partial charge in [0.25, 0.3) is 0 Å². The van der Waals surface area contributed by atoms with E-state index in [2.05, 4.69) is 15.3 Å². The van der Waals surface area contributed by atoms with Crippen LogP contribution in [0.15, 0.2) is 42.7 Å². The summed E-state index contributed by atoms with van der Waals surface area (Å²) in [6.45, 7) is 1.98. The van der Waals surface area contributed by atoms with Crippen LogP contribution in [0.3, 0.4) is 0 Å². The Morgan fingerprint density at radius 2 is 1.86 bits per heavy atom. The van der Waals surface area contributed by atoms with Crippen LogP contribution in [0.5, 0.6) is 11.6 Å². The van der Waals surface area contributed by atoms with Crippen LogP contribution >= 0.6 is 0 Å². The highest BCUT2D eigenvalue weighted by Crippen LogP contribution is 2.43. The third kappa shape index (κ3) is 3.35. The summed E-state index contributed by atoms with van der Waals surface area (Å²) in [5, 5.41) is 23.3. The number of phenols is 1. The Hall–Kier alpha value is -2.89. The Morgan fingerprint density at radius 1 is 1.04 bits per heavy atom. The van der Waals surface area contributed by atoms with Gasteiger partial charge < -0.3 is 9.84 Å². The summed E-state index contributed by atoms with van der Waals surface area (Å²) in [4.78, 5) is 0. The molecule has 1 unspecified atom stereocenters. The van der Waals surface area contributed by atoms with Crippen LogP contribution in [0.1, 0.15) is 37.7 Å². The maximum absolute atomic E-state index is 10.5. The molecule has 2 fully saturated rings. The Labute approximate surface area is 164 Å². The molecular weight excluding hydrogens is 352 g/mol. The van der Waals surface area contributed by atoms with Crippen molar-refractivity contribution in [1.29, 1.82) is 0 Å². The Morgan fingerprint density at radius 3 is 2.50 bits per heavy atom. The van der Waals surface area contributed by atoms with E-state index in [4.69, 9.17) is 4.74 Å². The summed E-state index contributed by atoms with van der Waals surface area (Å²) < 4.78 is 7.82. The van der Waals surface area contributed by atoms with E-state index in [0.29, 0.717) is 17.1 Å². The highest BCUT2D eigenvalue weighted by Gasteiger charge is 2.35. The molecule has 1 aromatic carbocycles. The second-order valence-electron chi connectivity index (χ2n) is 8.18. The smallest absolute Gasteiger partial charge is 0.233 e. The van der Waals surface area contributed by atoms with Crippen molar-refractivity contribution in [3.63, 3.8) is 0 Å². The third-order valence-electron chi connectivity index (χ3n) is 6.00. The lowest BCUT2D eigenvalue weighted by atomic mass is 9.87. The molecule has 2 aromatic heterocycles. The van der Waals surface area contributed by atoms with Gasteiger partial charge in [-0.3, -0.25) is 0 Å². The van der Waals surface area contributed by atoms with E-state index >= 15 is 0 Å². The molecule has 2 saturated carbocycles. The molecule has 6 nitrogen and oxygen atoms in total. The van der Waals surface area contributed by atoms with Gasteiger partial charge in [0.2, 0.25) is 5.88 Å². The second kappa shape index (κ2) is 6.93. The molecule has 144 valence electrons. The minimum Gasteiger partial charge on any atom is -0.507 e. The van der Waals surface area contributed by atoms with Crippen LogP contribution in [0.2, 0.25) is 0 Å². The van der Waals surface area contributed by atoms with Gasteiger partial charge in [0.1, 0.15) is 11.9 Å². The van der Waals surface area contributed by atoms with Crippen LogP contribution in [-0.4, -0.2) is 31.2 Å². The first-order valence-corrected chi connectivity index (χ1v) is 9.99. The molecule has 1 N–H and O–H groups in total. The molecule has 28 heavy (non-hydrogen) atoms. The summed E-state index contributed by atoms with van der Waals surface area (Å²) in [6.07, 6.45) is 10.3. The SMILES string of the molecule is Cc1cnn(-c2ccc(-c3ccc(OC4C[C@H]5CC[C@@H](C4)C5)nn3)c(O)c2)c1. The zero-order chi connectivity index (χ0) is 19.1. The largest absolute Gasteiger partial charge is 0.507 e. The van der Waals surface area contributed by atoms with Crippen molar-refractivity contribution in [3.8, 4) is 28.6 Å². The molecule has 0 radical (unpaired) electrons. The van der Waals surface area contributed by atoms with Gasteiger partial charge in [-0.25, -0.2) is 4.68 Å². The van der Waals surface area contributed by atoms with Gasteiger partial charge in [0.15, 0.2) is 0 Å². The van der Waals surface area contributed by atoms with Crippen LogP contribution < -0.4 is 4.74 Å². The molecule has 2 aliphatic rings. The number of ether oxygens (including phenoxy) is 1. The van der Waals surface area contributed by atoms with Crippen LogP contribution in [0.25, 0.3) is 16.9 Å². The predicted octanol–water partition coefficient (Wildman–Crippen LogP) is 4.30. The zero-order valence-corrected chi connectivity index (χ0v) is 16.0. The van der Waals surface area contributed by atoms with Gasteiger partial charge in [-0.15, -0.1) is 10.2 Å². The van der Waals surface area contributed by atoms with Crippen LogP contribution in [0.4, 0.5) is 0 Å². The molecule has 0 spiro atoms. The van der Waals surface area contributed by atoms with Crippen molar-refractivity contribution in [3.05, 3.63) is 48.3 Å².